The third kappa shape index (κ3) is 13.1. The highest BCUT2D eigenvalue weighted by Gasteiger charge is 2.10. The van der Waals surface area contributed by atoms with E-state index in [2.05, 4.69) is 114 Å². The van der Waals surface area contributed by atoms with Crippen LogP contribution in [0.3, 0.4) is 0 Å². The molecule has 0 heteroatoms. The molecule has 2 aliphatic carbocycles. The minimum absolute atomic E-state index is 0. The fourth-order valence-electron chi connectivity index (χ4n) is 3.55. The van der Waals surface area contributed by atoms with Crippen LogP contribution in [0.15, 0.2) is 106 Å². The quantitative estimate of drug-likeness (QED) is 0.354. The van der Waals surface area contributed by atoms with Gasteiger partial charge in [0.1, 0.15) is 0 Å². The van der Waals surface area contributed by atoms with Gasteiger partial charge in [0.25, 0.3) is 0 Å². The predicted octanol–water partition coefficient (Wildman–Crippen LogP) is 11.1. The molecular formula is C33H52. The van der Waals surface area contributed by atoms with E-state index in [1.807, 2.05) is 27.7 Å². The molecule has 0 radical (unpaired) electrons. The van der Waals surface area contributed by atoms with Gasteiger partial charge in [-0.3, -0.25) is 0 Å². The van der Waals surface area contributed by atoms with Gasteiger partial charge in [-0.1, -0.05) is 144 Å². The molecule has 0 saturated heterocycles. The SMILES string of the molecule is C.CC.CC.C\C=C(C)/C=C\C(=C/C)CCC1=CC(C)C=C(C2=CC(C)C=C(C)C=C2)C=C1. The van der Waals surface area contributed by atoms with Crippen molar-refractivity contribution in [2.24, 2.45) is 11.8 Å². The van der Waals surface area contributed by atoms with Gasteiger partial charge in [0.2, 0.25) is 0 Å². The Kier molecular flexibility index (Phi) is 19.1. The molecular weight excluding hydrogens is 396 g/mol. The highest BCUT2D eigenvalue weighted by Crippen LogP contribution is 2.27. The summed E-state index contributed by atoms with van der Waals surface area (Å²) in [6.07, 6.45) is 29.6. The second kappa shape index (κ2) is 19.2. The summed E-state index contributed by atoms with van der Waals surface area (Å²) in [4.78, 5) is 0. The molecule has 184 valence electrons. The Morgan fingerprint density at radius 3 is 1.85 bits per heavy atom. The van der Waals surface area contributed by atoms with Crippen LogP contribution in [-0.4, -0.2) is 0 Å². The van der Waals surface area contributed by atoms with Gasteiger partial charge in [0.15, 0.2) is 0 Å². The lowest BCUT2D eigenvalue weighted by molar-refractivity contribution is 0.892. The third-order valence-electron chi connectivity index (χ3n) is 5.31. The van der Waals surface area contributed by atoms with E-state index < -0.39 is 0 Å². The maximum Gasteiger partial charge on any atom is -0.00669 e. The highest BCUT2D eigenvalue weighted by atomic mass is 14.1. The maximum absolute atomic E-state index is 2.41. The van der Waals surface area contributed by atoms with E-state index in [1.54, 1.807) is 0 Å². The fourth-order valence-corrected chi connectivity index (χ4v) is 3.55. The van der Waals surface area contributed by atoms with Crippen molar-refractivity contribution in [3.63, 3.8) is 0 Å². The number of allylic oxidation sites excluding steroid dienone is 18. The number of rotatable bonds is 6. The molecule has 0 nitrogen and oxygen atoms in total. The number of hydrogen-bond donors (Lipinski definition) is 0. The van der Waals surface area contributed by atoms with Crippen molar-refractivity contribution >= 4 is 0 Å². The van der Waals surface area contributed by atoms with Gasteiger partial charge in [-0.25, -0.2) is 0 Å². The summed E-state index contributed by atoms with van der Waals surface area (Å²) >= 11 is 0. The van der Waals surface area contributed by atoms with E-state index in [4.69, 9.17) is 0 Å². The van der Waals surface area contributed by atoms with Crippen LogP contribution in [-0.2, 0) is 0 Å². The van der Waals surface area contributed by atoms with Crippen LogP contribution < -0.4 is 0 Å². The lowest BCUT2D eigenvalue weighted by Gasteiger charge is -2.07. The fraction of sp³-hybridized carbons (Fsp3) is 0.455. The Bertz CT molecular complexity index is 825. The molecule has 0 amide bonds. The van der Waals surface area contributed by atoms with Crippen LogP contribution in [0.5, 0.6) is 0 Å². The molecule has 0 spiro atoms. The monoisotopic (exact) mass is 448 g/mol. The van der Waals surface area contributed by atoms with E-state index in [-0.39, 0.29) is 7.43 Å². The first-order valence-corrected chi connectivity index (χ1v) is 12.6. The van der Waals surface area contributed by atoms with Gasteiger partial charge >= 0.3 is 0 Å². The maximum atomic E-state index is 2.41. The zero-order valence-corrected chi connectivity index (χ0v) is 22.5. The van der Waals surface area contributed by atoms with Crippen molar-refractivity contribution in [2.45, 2.75) is 89.5 Å². The van der Waals surface area contributed by atoms with Gasteiger partial charge in [-0.2, -0.15) is 0 Å². The topological polar surface area (TPSA) is 0 Å². The molecule has 33 heavy (non-hydrogen) atoms. The smallest absolute Gasteiger partial charge is 0.00669 e. The third-order valence-corrected chi connectivity index (χ3v) is 5.31. The molecule has 0 saturated carbocycles. The largest absolute Gasteiger partial charge is 0.0847 e. The van der Waals surface area contributed by atoms with E-state index in [9.17, 15) is 0 Å². The van der Waals surface area contributed by atoms with Crippen LogP contribution in [0.25, 0.3) is 0 Å². The Hall–Kier alpha value is -2.34. The second-order valence-corrected chi connectivity index (χ2v) is 8.01. The first-order valence-electron chi connectivity index (χ1n) is 12.6. The van der Waals surface area contributed by atoms with Crippen LogP contribution in [0.1, 0.15) is 89.5 Å². The molecule has 0 aliphatic heterocycles. The molecule has 0 bridgehead atoms. The summed E-state index contributed by atoms with van der Waals surface area (Å²) in [5.41, 5.74) is 8.13. The van der Waals surface area contributed by atoms with Gasteiger partial charge in [-0.05, 0) is 63.5 Å². The van der Waals surface area contributed by atoms with Crippen molar-refractivity contribution in [3.8, 4) is 0 Å². The minimum Gasteiger partial charge on any atom is -0.0847 e. The van der Waals surface area contributed by atoms with Gasteiger partial charge in [-0.15, -0.1) is 0 Å². The van der Waals surface area contributed by atoms with Crippen molar-refractivity contribution in [2.75, 3.05) is 0 Å². The summed E-state index contributed by atoms with van der Waals surface area (Å²) in [6.45, 7) is 21.1. The lowest BCUT2D eigenvalue weighted by atomic mass is 9.98. The van der Waals surface area contributed by atoms with Crippen molar-refractivity contribution in [3.05, 3.63) is 106 Å². The van der Waals surface area contributed by atoms with E-state index in [0.29, 0.717) is 11.8 Å². The van der Waals surface area contributed by atoms with Crippen molar-refractivity contribution in [1.82, 2.24) is 0 Å². The molecule has 2 unspecified atom stereocenters. The van der Waals surface area contributed by atoms with Crippen molar-refractivity contribution < 1.29 is 0 Å². The number of hydrogen-bond acceptors (Lipinski definition) is 0. The average Bonchev–Trinajstić information content (AvgIpc) is 3.10. The molecule has 0 heterocycles. The Balaban J connectivity index is 0. The van der Waals surface area contributed by atoms with Gasteiger partial charge in [0, 0.05) is 0 Å². The first-order chi connectivity index (χ1) is 15.4. The molecule has 0 aromatic heterocycles. The highest BCUT2D eigenvalue weighted by molar-refractivity contribution is 5.52. The first kappa shape index (κ1) is 32.8. The van der Waals surface area contributed by atoms with E-state index in [1.165, 1.54) is 33.4 Å². The van der Waals surface area contributed by atoms with Gasteiger partial charge in [0.05, 0.1) is 0 Å². The van der Waals surface area contributed by atoms with Crippen LogP contribution >= 0.6 is 0 Å². The predicted molar refractivity (Wildman–Crippen MR) is 156 cm³/mol. The molecule has 2 aliphatic rings. The van der Waals surface area contributed by atoms with Crippen LogP contribution in [0, 0.1) is 11.8 Å². The molecule has 2 atom stereocenters. The van der Waals surface area contributed by atoms with Crippen LogP contribution in [0.2, 0.25) is 0 Å². The summed E-state index contributed by atoms with van der Waals surface area (Å²) in [5, 5.41) is 0. The zero-order chi connectivity index (χ0) is 24.5. The van der Waals surface area contributed by atoms with Crippen LogP contribution in [0.4, 0.5) is 0 Å². The zero-order valence-electron chi connectivity index (χ0n) is 22.5. The van der Waals surface area contributed by atoms with E-state index in [0.717, 1.165) is 12.8 Å². The molecule has 0 aromatic rings. The Morgan fingerprint density at radius 2 is 1.30 bits per heavy atom. The Labute approximate surface area is 207 Å². The van der Waals surface area contributed by atoms with Gasteiger partial charge < -0.3 is 0 Å². The second-order valence-electron chi connectivity index (χ2n) is 8.01. The molecule has 2 rings (SSSR count). The molecule has 0 fully saturated rings. The summed E-state index contributed by atoms with van der Waals surface area (Å²) in [6, 6.07) is 0. The summed E-state index contributed by atoms with van der Waals surface area (Å²) in [7, 11) is 0. The standard InChI is InChI=1S/C28H36.2C2H6.CH4/c1-7-21(3)9-11-25(8-2)12-13-26-14-16-28(20-24(6)18-26)27-15-10-22(4)17-23(5)19-27;2*1-2;/h7-11,14-20,23-24H,12-13H2,1-6H3;2*1-2H3;1H4/b11-9-,21-7-,25-8+;;;. The van der Waals surface area contributed by atoms with Crippen molar-refractivity contribution in [1.29, 1.82) is 0 Å². The average molecular weight is 449 g/mol. The lowest BCUT2D eigenvalue weighted by Crippen LogP contribution is -1.91. The minimum atomic E-state index is 0. The normalized spacial score (nSPS) is 20.5. The van der Waals surface area contributed by atoms with E-state index >= 15 is 0 Å². The summed E-state index contributed by atoms with van der Waals surface area (Å²) < 4.78 is 0. The Morgan fingerprint density at radius 1 is 0.758 bits per heavy atom. The molecule has 0 aromatic carbocycles. The summed E-state index contributed by atoms with van der Waals surface area (Å²) in [5.74, 6) is 0.909. The molecule has 0 N–H and O–H groups in total.